The van der Waals surface area contributed by atoms with Gasteiger partial charge in [0, 0.05) is 23.0 Å². The molecule has 1 aliphatic heterocycles. The van der Waals surface area contributed by atoms with Gasteiger partial charge in [-0.05, 0) is 57.1 Å². The topological polar surface area (TPSA) is 25.6 Å². The third-order valence-electron chi connectivity index (χ3n) is 3.50. The minimum atomic E-state index is 0.0271. The molecule has 1 unspecified atom stereocenters. The summed E-state index contributed by atoms with van der Waals surface area (Å²) in [4.78, 5) is 2.25. The Morgan fingerprint density at radius 3 is 3.00 bits per heavy atom. The molecule has 0 saturated heterocycles. The Kier molecular flexibility index (Phi) is 4.19. The summed E-state index contributed by atoms with van der Waals surface area (Å²) in [5.74, 6) is 1.85. The molecule has 0 saturated carbocycles. The van der Waals surface area contributed by atoms with Crippen LogP contribution in [0.3, 0.4) is 0 Å². The molecule has 2 aromatic rings. The average molecular weight is 401 g/mol. The van der Waals surface area contributed by atoms with Gasteiger partial charge < -0.3 is 9.15 Å². The molecule has 0 radical (unpaired) electrons. The van der Waals surface area contributed by atoms with Crippen LogP contribution in [0.2, 0.25) is 0 Å². The van der Waals surface area contributed by atoms with Crippen LogP contribution >= 0.6 is 31.9 Å². The zero-order valence-corrected chi connectivity index (χ0v) is 14.3. The maximum absolute atomic E-state index is 6.22. The molecule has 0 aliphatic carbocycles. The summed E-state index contributed by atoms with van der Waals surface area (Å²) >= 11 is 7.07. The van der Waals surface area contributed by atoms with Crippen LogP contribution in [0.5, 0.6) is 5.75 Å². The molecule has 5 heteroatoms. The predicted octanol–water partition coefficient (Wildman–Crippen LogP) is 4.76. The lowest BCUT2D eigenvalue weighted by atomic mass is 10.1. The van der Waals surface area contributed by atoms with Crippen molar-refractivity contribution in [3.63, 3.8) is 0 Å². The Labute approximate surface area is 135 Å². The summed E-state index contributed by atoms with van der Waals surface area (Å²) in [6, 6.07) is 7.96. The van der Waals surface area contributed by atoms with Crippen LogP contribution in [0.4, 0.5) is 0 Å². The number of furan rings is 1. The highest BCUT2D eigenvalue weighted by Gasteiger charge is 2.25. The van der Waals surface area contributed by atoms with E-state index in [9.17, 15) is 0 Å². The maximum atomic E-state index is 6.22. The monoisotopic (exact) mass is 399 g/mol. The first kappa shape index (κ1) is 14.2. The van der Waals surface area contributed by atoms with Crippen LogP contribution < -0.4 is 4.74 Å². The van der Waals surface area contributed by atoms with Gasteiger partial charge >= 0.3 is 0 Å². The molecule has 1 aromatic heterocycles. The first-order valence-corrected chi connectivity index (χ1v) is 8.09. The van der Waals surface area contributed by atoms with Crippen molar-refractivity contribution >= 4 is 31.9 Å². The number of benzene rings is 1. The first-order valence-electron chi connectivity index (χ1n) is 6.50. The molecule has 1 aliphatic rings. The van der Waals surface area contributed by atoms with Crippen molar-refractivity contribution in [2.24, 2.45) is 0 Å². The molecule has 3 rings (SSSR count). The zero-order chi connectivity index (χ0) is 14.1. The van der Waals surface area contributed by atoms with E-state index in [1.165, 1.54) is 0 Å². The predicted molar refractivity (Wildman–Crippen MR) is 84.9 cm³/mol. The van der Waals surface area contributed by atoms with Gasteiger partial charge in [-0.15, -0.1) is 0 Å². The second kappa shape index (κ2) is 5.92. The van der Waals surface area contributed by atoms with Crippen molar-refractivity contribution in [3.05, 3.63) is 50.8 Å². The fourth-order valence-electron chi connectivity index (χ4n) is 2.43. The van der Waals surface area contributed by atoms with Gasteiger partial charge in [-0.1, -0.05) is 6.07 Å². The third kappa shape index (κ3) is 2.80. The van der Waals surface area contributed by atoms with Crippen molar-refractivity contribution in [1.29, 1.82) is 0 Å². The van der Waals surface area contributed by atoms with E-state index in [-0.39, 0.29) is 6.10 Å². The molecule has 0 fully saturated rings. The van der Waals surface area contributed by atoms with Gasteiger partial charge in [-0.25, -0.2) is 0 Å². The minimum Gasteiger partial charge on any atom is -0.484 e. The second-order valence-corrected chi connectivity index (χ2v) is 6.63. The molecule has 3 nitrogen and oxygen atoms in total. The molecule has 2 heterocycles. The van der Waals surface area contributed by atoms with E-state index in [0.29, 0.717) is 0 Å². The maximum Gasteiger partial charge on any atom is 0.135 e. The van der Waals surface area contributed by atoms with E-state index in [0.717, 1.165) is 45.5 Å². The lowest BCUT2D eigenvalue weighted by molar-refractivity contribution is 0.181. The number of hydrogen-bond donors (Lipinski definition) is 0. The Morgan fingerprint density at radius 1 is 1.30 bits per heavy atom. The van der Waals surface area contributed by atoms with Crippen molar-refractivity contribution in [2.45, 2.75) is 19.1 Å². The van der Waals surface area contributed by atoms with E-state index in [1.54, 1.807) is 6.26 Å². The van der Waals surface area contributed by atoms with Gasteiger partial charge in [0.05, 0.1) is 17.3 Å². The van der Waals surface area contributed by atoms with Crippen LogP contribution in [0.1, 0.15) is 23.8 Å². The van der Waals surface area contributed by atoms with Crippen molar-refractivity contribution in [2.75, 3.05) is 13.6 Å². The quantitative estimate of drug-likeness (QED) is 0.726. The van der Waals surface area contributed by atoms with Gasteiger partial charge in [0.25, 0.3) is 0 Å². The van der Waals surface area contributed by atoms with E-state index in [1.807, 2.05) is 24.3 Å². The molecular formula is C15H15Br2NO2. The molecule has 0 amide bonds. The summed E-state index contributed by atoms with van der Waals surface area (Å²) in [5.41, 5.74) is 1.15. The molecule has 0 N–H and O–H groups in total. The standard InChI is InChI=1S/C15H15Br2NO2/c1-18-7-5-12(10-6-8-19-14(10)9-18)20-13-4-2-3-11(16)15(13)17/h2-4,6,8,12H,5,7,9H2,1H3. The van der Waals surface area contributed by atoms with Crippen LogP contribution in [0.25, 0.3) is 0 Å². The Morgan fingerprint density at radius 2 is 2.15 bits per heavy atom. The normalized spacial score (nSPS) is 19.4. The largest absolute Gasteiger partial charge is 0.484 e. The fourth-order valence-corrected chi connectivity index (χ4v) is 3.14. The van der Waals surface area contributed by atoms with Gasteiger partial charge in [-0.3, -0.25) is 4.90 Å². The van der Waals surface area contributed by atoms with Gasteiger partial charge in [0.1, 0.15) is 17.6 Å². The number of ether oxygens (including phenoxy) is 1. The Hall–Kier alpha value is -0.780. The molecule has 20 heavy (non-hydrogen) atoms. The van der Waals surface area contributed by atoms with Gasteiger partial charge in [-0.2, -0.15) is 0 Å². The lowest BCUT2D eigenvalue weighted by Crippen LogP contribution is -2.18. The van der Waals surface area contributed by atoms with Crippen molar-refractivity contribution in [3.8, 4) is 5.75 Å². The second-order valence-electron chi connectivity index (χ2n) is 4.98. The summed E-state index contributed by atoms with van der Waals surface area (Å²) < 4.78 is 13.7. The average Bonchev–Trinajstić information content (AvgIpc) is 2.82. The summed E-state index contributed by atoms with van der Waals surface area (Å²) in [6.45, 7) is 1.82. The molecule has 1 aromatic carbocycles. The SMILES string of the molecule is CN1CCC(Oc2cccc(Br)c2Br)c2ccoc2C1. The molecule has 1 atom stereocenters. The van der Waals surface area contributed by atoms with Crippen LogP contribution in [-0.4, -0.2) is 18.5 Å². The minimum absolute atomic E-state index is 0.0271. The number of rotatable bonds is 2. The van der Waals surface area contributed by atoms with E-state index < -0.39 is 0 Å². The van der Waals surface area contributed by atoms with Crippen LogP contribution in [0, 0.1) is 0 Å². The third-order valence-corrected chi connectivity index (χ3v) is 5.51. The molecular weight excluding hydrogens is 386 g/mol. The smallest absolute Gasteiger partial charge is 0.135 e. The van der Waals surface area contributed by atoms with E-state index in [2.05, 4.69) is 43.8 Å². The molecule has 106 valence electrons. The highest BCUT2D eigenvalue weighted by Crippen LogP contribution is 2.37. The number of fused-ring (bicyclic) bond motifs is 1. The fraction of sp³-hybridized carbons (Fsp3) is 0.333. The summed E-state index contributed by atoms with van der Waals surface area (Å²) in [5, 5.41) is 0. The summed E-state index contributed by atoms with van der Waals surface area (Å²) in [7, 11) is 2.10. The van der Waals surface area contributed by atoms with E-state index in [4.69, 9.17) is 9.15 Å². The highest BCUT2D eigenvalue weighted by atomic mass is 79.9. The summed E-state index contributed by atoms with van der Waals surface area (Å²) in [6.07, 6.45) is 2.72. The van der Waals surface area contributed by atoms with Crippen molar-refractivity contribution < 1.29 is 9.15 Å². The first-order chi connectivity index (χ1) is 9.65. The van der Waals surface area contributed by atoms with Crippen molar-refractivity contribution in [1.82, 2.24) is 4.90 Å². The van der Waals surface area contributed by atoms with Crippen LogP contribution in [-0.2, 0) is 6.54 Å². The highest BCUT2D eigenvalue weighted by molar-refractivity contribution is 9.13. The molecule has 0 bridgehead atoms. The molecule has 0 spiro atoms. The Bertz CT molecular complexity index is 612. The van der Waals surface area contributed by atoms with Crippen LogP contribution in [0.15, 0.2) is 43.9 Å². The van der Waals surface area contributed by atoms with Gasteiger partial charge in [0.2, 0.25) is 0 Å². The Balaban J connectivity index is 1.89. The number of nitrogens with zero attached hydrogens (tertiary/aromatic N) is 1. The van der Waals surface area contributed by atoms with E-state index >= 15 is 0 Å². The zero-order valence-electron chi connectivity index (χ0n) is 11.1. The number of halogens is 2. The van der Waals surface area contributed by atoms with Gasteiger partial charge in [0.15, 0.2) is 0 Å². The lowest BCUT2D eigenvalue weighted by Gasteiger charge is -2.19. The number of hydrogen-bond acceptors (Lipinski definition) is 3.